The molecule has 1 aromatic rings. The van der Waals surface area contributed by atoms with Crippen LogP contribution in [0.1, 0.15) is 10.4 Å². The van der Waals surface area contributed by atoms with Gasteiger partial charge in [0.25, 0.3) is 5.91 Å². The molecule has 1 rings (SSSR count). The van der Waals surface area contributed by atoms with Crippen LogP contribution in [-0.2, 0) is 0 Å². The van der Waals surface area contributed by atoms with Crippen molar-refractivity contribution in [2.24, 2.45) is 0 Å². The van der Waals surface area contributed by atoms with Gasteiger partial charge >= 0.3 is 12.8 Å². The van der Waals surface area contributed by atoms with Crippen LogP contribution >= 0.6 is 11.6 Å². The Hall–Kier alpha value is -1.57. The second-order valence-corrected chi connectivity index (χ2v) is 4.32. The second-order valence-electron chi connectivity index (χ2n) is 3.94. The van der Waals surface area contributed by atoms with Gasteiger partial charge in [-0.25, -0.2) is 0 Å². The molecule has 0 heterocycles. The summed E-state index contributed by atoms with van der Waals surface area (Å²) in [7, 11) is 0. The lowest BCUT2D eigenvalue weighted by atomic mass is 10.2. The van der Waals surface area contributed by atoms with E-state index in [1.807, 2.05) is 0 Å². The highest BCUT2D eigenvalue weighted by Crippen LogP contribution is 2.21. The summed E-state index contributed by atoms with van der Waals surface area (Å²) in [5.41, 5.74) is -0.192. The number of alkyl halides is 6. The second kappa shape index (κ2) is 7.44. The number of hydrogen-bond donors (Lipinski definition) is 0. The lowest BCUT2D eigenvalue weighted by molar-refractivity contribution is -0.140. The molecule has 1 amide bonds. The summed E-state index contributed by atoms with van der Waals surface area (Å²) in [4.78, 5) is 12.5. The fraction of sp³-hybridized carbons (Fsp3) is 0.417. The van der Waals surface area contributed by atoms with Crippen LogP contribution in [0.2, 0.25) is 0 Å². The molecule has 0 aromatic heterocycles. The first-order valence-electron chi connectivity index (χ1n) is 5.70. The highest BCUT2D eigenvalue weighted by atomic mass is 35.5. The third-order valence-corrected chi connectivity index (χ3v) is 2.49. The maximum atomic E-state index is 12.4. The quantitative estimate of drug-likeness (QED) is 0.589. The average molecular weight is 332 g/mol. The van der Waals surface area contributed by atoms with Gasteiger partial charge in [-0.05, 0) is 18.2 Å². The van der Waals surface area contributed by atoms with E-state index in [0.29, 0.717) is 4.90 Å². The molecule has 0 bridgehead atoms. The number of carbonyl (C=O) groups excluding carboxylic acids is 1. The fourth-order valence-corrected chi connectivity index (χ4v) is 1.76. The number of rotatable bonds is 6. The highest BCUT2D eigenvalue weighted by molar-refractivity contribution is 6.18. The Balaban J connectivity index is 2.92. The van der Waals surface area contributed by atoms with Crippen LogP contribution in [-0.4, -0.2) is 42.6 Å². The van der Waals surface area contributed by atoms with Crippen molar-refractivity contribution < 1.29 is 31.5 Å². The molecule has 0 radical (unpaired) electrons. The van der Waals surface area contributed by atoms with Gasteiger partial charge in [0, 0.05) is 18.0 Å². The monoisotopic (exact) mass is 331 g/mol. The molecular weight excluding hydrogens is 321 g/mol. The summed E-state index contributed by atoms with van der Waals surface area (Å²) in [6.45, 7) is -4.89. The smallest absolute Gasteiger partial charge is 0.406 e. The van der Waals surface area contributed by atoms with Crippen LogP contribution in [0.5, 0.6) is 5.75 Å². The number of hydrogen-bond acceptors (Lipinski definition) is 2. The van der Waals surface area contributed by atoms with Crippen molar-refractivity contribution >= 4 is 17.5 Å². The molecule has 0 fully saturated rings. The van der Waals surface area contributed by atoms with Gasteiger partial charge in [-0.1, -0.05) is 6.07 Å². The van der Waals surface area contributed by atoms with Gasteiger partial charge in [0.05, 0.1) is 0 Å². The third-order valence-electron chi connectivity index (χ3n) is 2.32. The summed E-state index contributed by atoms with van der Waals surface area (Å²) in [5.74, 6) is -1.46. The number of carbonyl (C=O) groups is 1. The van der Waals surface area contributed by atoms with Crippen molar-refractivity contribution in [2.75, 3.05) is 19.0 Å². The maximum Gasteiger partial charge on any atom is 0.406 e. The molecule has 0 spiro atoms. The lowest BCUT2D eigenvalue weighted by Crippen LogP contribution is -2.40. The summed E-state index contributed by atoms with van der Waals surface area (Å²) < 4.78 is 65.4. The van der Waals surface area contributed by atoms with E-state index in [-0.39, 0.29) is 23.7 Å². The number of nitrogens with zero attached hydrogens (tertiary/aromatic N) is 1. The summed E-state index contributed by atoms with van der Waals surface area (Å²) in [6, 6.07) is 4.56. The van der Waals surface area contributed by atoms with Crippen LogP contribution in [0, 0.1) is 0 Å². The predicted molar refractivity (Wildman–Crippen MR) is 65.8 cm³/mol. The molecule has 0 unspecified atom stereocenters. The van der Waals surface area contributed by atoms with E-state index in [1.54, 1.807) is 0 Å². The fourth-order valence-electron chi connectivity index (χ4n) is 1.56. The van der Waals surface area contributed by atoms with Crippen molar-refractivity contribution in [1.82, 2.24) is 4.90 Å². The molecule has 0 aliphatic rings. The molecule has 3 nitrogen and oxygen atoms in total. The third kappa shape index (κ3) is 6.16. The predicted octanol–water partition coefficient (Wildman–Crippen LogP) is 3.53. The summed E-state index contributed by atoms with van der Waals surface area (Å²) >= 11 is 5.37. The first-order valence-corrected chi connectivity index (χ1v) is 6.23. The highest BCUT2D eigenvalue weighted by Gasteiger charge is 2.33. The van der Waals surface area contributed by atoms with Gasteiger partial charge in [0.15, 0.2) is 0 Å². The molecule has 9 heteroatoms. The topological polar surface area (TPSA) is 29.5 Å². The van der Waals surface area contributed by atoms with Gasteiger partial charge in [-0.15, -0.1) is 11.6 Å². The average Bonchev–Trinajstić information content (AvgIpc) is 2.35. The van der Waals surface area contributed by atoms with Crippen molar-refractivity contribution in [3.8, 4) is 5.75 Å². The lowest BCUT2D eigenvalue weighted by Gasteiger charge is -2.23. The minimum atomic E-state index is -4.58. The Kier molecular flexibility index (Phi) is 6.19. The largest absolute Gasteiger partial charge is 0.435 e. The zero-order chi connectivity index (χ0) is 16.0. The van der Waals surface area contributed by atoms with E-state index < -0.39 is 25.2 Å². The first kappa shape index (κ1) is 17.5. The number of benzene rings is 1. The van der Waals surface area contributed by atoms with Gasteiger partial charge in [0.1, 0.15) is 12.3 Å². The van der Waals surface area contributed by atoms with Crippen LogP contribution < -0.4 is 4.74 Å². The van der Waals surface area contributed by atoms with Crippen molar-refractivity contribution in [1.29, 1.82) is 0 Å². The van der Waals surface area contributed by atoms with Crippen LogP contribution in [0.3, 0.4) is 0 Å². The minimum Gasteiger partial charge on any atom is -0.435 e. The zero-order valence-electron chi connectivity index (χ0n) is 10.5. The summed E-state index contributed by atoms with van der Waals surface area (Å²) in [5, 5.41) is 0. The van der Waals surface area contributed by atoms with E-state index >= 15 is 0 Å². The molecule has 0 atom stereocenters. The molecule has 21 heavy (non-hydrogen) atoms. The summed E-state index contributed by atoms with van der Waals surface area (Å²) in [6.07, 6.45) is -4.58. The minimum absolute atomic E-state index is 0.185. The Morgan fingerprint density at radius 2 is 2.00 bits per heavy atom. The van der Waals surface area contributed by atoms with Gasteiger partial charge < -0.3 is 9.64 Å². The van der Waals surface area contributed by atoms with Crippen molar-refractivity contribution in [2.45, 2.75) is 12.8 Å². The van der Waals surface area contributed by atoms with Gasteiger partial charge in [0.2, 0.25) is 0 Å². The maximum absolute atomic E-state index is 12.4. The first-order chi connectivity index (χ1) is 9.73. The molecule has 0 N–H and O–H groups in total. The molecule has 0 aliphatic heterocycles. The molecule has 0 saturated carbocycles. The number of ether oxygens (including phenoxy) is 1. The number of halogens is 6. The molecule has 1 aromatic carbocycles. The van der Waals surface area contributed by atoms with Crippen molar-refractivity contribution in [3.63, 3.8) is 0 Å². The van der Waals surface area contributed by atoms with Crippen LogP contribution in [0.15, 0.2) is 24.3 Å². The standard InChI is InChI=1S/C12H11ClF5NO2/c13-4-5-19(7-12(16,17)18)10(20)8-2-1-3-9(6-8)21-11(14)15/h1-3,6,11H,4-5,7H2. The molecular formula is C12H11ClF5NO2. The van der Waals surface area contributed by atoms with Crippen LogP contribution in [0.4, 0.5) is 22.0 Å². The van der Waals surface area contributed by atoms with E-state index in [1.165, 1.54) is 18.2 Å². The molecule has 0 aliphatic carbocycles. The zero-order valence-corrected chi connectivity index (χ0v) is 11.3. The Bertz CT molecular complexity index is 481. The van der Waals surface area contributed by atoms with E-state index in [4.69, 9.17) is 11.6 Å². The SMILES string of the molecule is O=C(c1cccc(OC(F)F)c1)N(CCCl)CC(F)(F)F. The van der Waals surface area contributed by atoms with E-state index in [0.717, 1.165) is 6.07 Å². The van der Waals surface area contributed by atoms with Gasteiger partial charge in [-0.3, -0.25) is 4.79 Å². The van der Waals surface area contributed by atoms with Crippen molar-refractivity contribution in [3.05, 3.63) is 29.8 Å². The normalized spacial score (nSPS) is 11.6. The van der Waals surface area contributed by atoms with E-state index in [9.17, 15) is 26.7 Å². The molecule has 0 saturated heterocycles. The van der Waals surface area contributed by atoms with E-state index in [2.05, 4.69) is 4.74 Å². The Morgan fingerprint density at radius 3 is 2.52 bits per heavy atom. The molecule has 118 valence electrons. The Labute approximate surface area is 122 Å². The number of amides is 1. The Morgan fingerprint density at radius 1 is 1.33 bits per heavy atom. The van der Waals surface area contributed by atoms with Gasteiger partial charge in [-0.2, -0.15) is 22.0 Å². The van der Waals surface area contributed by atoms with Crippen LogP contribution in [0.25, 0.3) is 0 Å².